The molecule has 116 valence electrons. The smallest absolute Gasteiger partial charge is 0.274 e. The molecule has 0 saturated carbocycles. The standard InChI is InChI=1S/C12H23N3O4S/c1-9-11(4-6-19-9)12(16)15-5-2-3-10(8-15)7-14-20(13,17)18/h9-11,14H,2-8H2,1H3,(H2,13,17,18). The molecular formula is C12H23N3O4S. The summed E-state index contributed by atoms with van der Waals surface area (Å²) in [5.74, 6) is 0.207. The third-order valence-electron chi connectivity index (χ3n) is 4.10. The highest BCUT2D eigenvalue weighted by atomic mass is 32.2. The number of likely N-dealkylation sites (tertiary alicyclic amines) is 1. The molecule has 0 radical (unpaired) electrons. The van der Waals surface area contributed by atoms with Gasteiger partial charge in [-0.05, 0) is 32.1 Å². The molecular weight excluding hydrogens is 282 g/mol. The SMILES string of the molecule is CC1OCCC1C(=O)N1CCCC(CNS(N)(=O)=O)C1. The minimum absolute atomic E-state index is 0.0228. The van der Waals surface area contributed by atoms with Crippen LogP contribution in [0.15, 0.2) is 0 Å². The Bertz CT molecular complexity index is 454. The normalized spacial score (nSPS) is 31.5. The summed E-state index contributed by atoms with van der Waals surface area (Å²) in [7, 11) is -3.66. The second-order valence-corrected chi connectivity index (χ2v) is 7.04. The first-order valence-electron chi connectivity index (χ1n) is 7.04. The second-order valence-electron chi connectivity index (χ2n) is 5.66. The van der Waals surface area contributed by atoms with Gasteiger partial charge in [0.15, 0.2) is 0 Å². The lowest BCUT2D eigenvalue weighted by atomic mass is 9.95. The number of carbonyl (C=O) groups is 1. The molecule has 1 amide bonds. The zero-order valence-corrected chi connectivity index (χ0v) is 12.6. The molecule has 7 nitrogen and oxygen atoms in total. The van der Waals surface area contributed by atoms with E-state index < -0.39 is 10.2 Å². The Morgan fingerprint density at radius 2 is 2.20 bits per heavy atom. The number of ether oxygens (including phenoxy) is 1. The molecule has 3 N–H and O–H groups in total. The second kappa shape index (κ2) is 6.38. The maximum atomic E-state index is 12.4. The molecule has 2 aliphatic heterocycles. The van der Waals surface area contributed by atoms with E-state index in [1.807, 2.05) is 11.8 Å². The summed E-state index contributed by atoms with van der Waals surface area (Å²) in [5.41, 5.74) is 0. The van der Waals surface area contributed by atoms with Gasteiger partial charge in [-0.3, -0.25) is 4.79 Å². The fourth-order valence-corrected chi connectivity index (χ4v) is 3.42. The molecule has 3 unspecified atom stereocenters. The van der Waals surface area contributed by atoms with Gasteiger partial charge in [0, 0.05) is 26.2 Å². The molecule has 20 heavy (non-hydrogen) atoms. The number of piperidine rings is 1. The topological polar surface area (TPSA) is 102 Å². The molecule has 2 aliphatic rings. The van der Waals surface area contributed by atoms with Gasteiger partial charge in [0.25, 0.3) is 10.2 Å². The number of rotatable bonds is 4. The first-order chi connectivity index (χ1) is 9.37. The Labute approximate surface area is 120 Å². The van der Waals surface area contributed by atoms with Crippen molar-refractivity contribution in [3.05, 3.63) is 0 Å². The molecule has 2 heterocycles. The van der Waals surface area contributed by atoms with Gasteiger partial charge in [-0.1, -0.05) is 0 Å². The highest BCUT2D eigenvalue weighted by molar-refractivity contribution is 7.87. The maximum Gasteiger partial charge on any atom is 0.274 e. The van der Waals surface area contributed by atoms with Crippen LogP contribution >= 0.6 is 0 Å². The lowest BCUT2D eigenvalue weighted by molar-refractivity contribution is -0.138. The Balaban J connectivity index is 1.88. The Morgan fingerprint density at radius 3 is 2.80 bits per heavy atom. The molecule has 3 atom stereocenters. The van der Waals surface area contributed by atoms with Crippen LogP contribution in [0.4, 0.5) is 0 Å². The third-order valence-corrected chi connectivity index (χ3v) is 4.67. The highest BCUT2D eigenvalue weighted by Gasteiger charge is 2.35. The summed E-state index contributed by atoms with van der Waals surface area (Å²) in [6.45, 7) is 4.19. The summed E-state index contributed by atoms with van der Waals surface area (Å²) in [6.07, 6.45) is 2.55. The Morgan fingerprint density at radius 1 is 1.45 bits per heavy atom. The van der Waals surface area contributed by atoms with E-state index in [9.17, 15) is 13.2 Å². The van der Waals surface area contributed by atoms with Crippen LogP contribution in [0.1, 0.15) is 26.2 Å². The van der Waals surface area contributed by atoms with E-state index >= 15 is 0 Å². The van der Waals surface area contributed by atoms with Gasteiger partial charge in [-0.25, -0.2) is 9.86 Å². The number of hydrogen-bond donors (Lipinski definition) is 2. The fraction of sp³-hybridized carbons (Fsp3) is 0.917. The minimum Gasteiger partial charge on any atom is -0.378 e. The van der Waals surface area contributed by atoms with Gasteiger partial charge < -0.3 is 9.64 Å². The average Bonchev–Trinajstić information content (AvgIpc) is 2.81. The Kier molecular flexibility index (Phi) is 5.00. The van der Waals surface area contributed by atoms with Crippen LogP contribution in [0.25, 0.3) is 0 Å². The number of nitrogens with one attached hydrogen (secondary N) is 1. The molecule has 0 bridgehead atoms. The van der Waals surface area contributed by atoms with Crippen molar-refractivity contribution in [2.24, 2.45) is 17.0 Å². The lowest BCUT2D eigenvalue weighted by Gasteiger charge is -2.34. The maximum absolute atomic E-state index is 12.4. The Hall–Kier alpha value is -0.700. The van der Waals surface area contributed by atoms with E-state index in [2.05, 4.69) is 4.72 Å². The zero-order valence-electron chi connectivity index (χ0n) is 11.7. The fourth-order valence-electron chi connectivity index (χ4n) is 2.96. The van der Waals surface area contributed by atoms with Gasteiger partial charge in [0.05, 0.1) is 12.0 Å². The first kappa shape index (κ1) is 15.7. The molecule has 0 aromatic carbocycles. The van der Waals surface area contributed by atoms with Crippen molar-refractivity contribution >= 4 is 16.1 Å². The molecule has 0 aromatic rings. The molecule has 8 heteroatoms. The van der Waals surface area contributed by atoms with Crippen LogP contribution in [-0.2, 0) is 19.7 Å². The number of nitrogens with zero attached hydrogens (tertiary/aromatic N) is 1. The zero-order chi connectivity index (χ0) is 14.8. The van der Waals surface area contributed by atoms with Gasteiger partial charge in [0.1, 0.15) is 0 Å². The van der Waals surface area contributed by atoms with Crippen LogP contribution < -0.4 is 9.86 Å². The largest absolute Gasteiger partial charge is 0.378 e. The molecule has 0 aliphatic carbocycles. The highest BCUT2D eigenvalue weighted by Crippen LogP contribution is 2.25. The van der Waals surface area contributed by atoms with Crippen LogP contribution in [0.2, 0.25) is 0 Å². The van der Waals surface area contributed by atoms with Crippen molar-refractivity contribution in [3.8, 4) is 0 Å². The summed E-state index contributed by atoms with van der Waals surface area (Å²) in [6, 6.07) is 0. The average molecular weight is 305 g/mol. The van der Waals surface area contributed by atoms with Crippen LogP contribution in [-0.4, -0.2) is 51.6 Å². The van der Waals surface area contributed by atoms with E-state index in [0.29, 0.717) is 19.7 Å². The summed E-state index contributed by atoms with van der Waals surface area (Å²) < 4.78 is 29.6. The number of nitrogens with two attached hydrogens (primary N) is 1. The van der Waals surface area contributed by atoms with E-state index in [1.165, 1.54) is 0 Å². The molecule has 0 aromatic heterocycles. The van der Waals surface area contributed by atoms with Gasteiger partial charge >= 0.3 is 0 Å². The number of hydrogen-bond acceptors (Lipinski definition) is 4. The van der Waals surface area contributed by atoms with Crippen molar-refractivity contribution in [2.75, 3.05) is 26.2 Å². The number of carbonyl (C=O) groups excluding carboxylic acids is 1. The van der Waals surface area contributed by atoms with Crippen molar-refractivity contribution in [2.45, 2.75) is 32.3 Å². The minimum atomic E-state index is -3.66. The molecule has 2 fully saturated rings. The first-order valence-corrected chi connectivity index (χ1v) is 8.59. The molecule has 2 rings (SSSR count). The van der Waals surface area contributed by atoms with Crippen LogP contribution in [0.5, 0.6) is 0 Å². The van der Waals surface area contributed by atoms with E-state index in [1.54, 1.807) is 0 Å². The van der Waals surface area contributed by atoms with Crippen LogP contribution in [0, 0.1) is 11.8 Å². The van der Waals surface area contributed by atoms with Crippen molar-refractivity contribution < 1.29 is 17.9 Å². The predicted octanol–water partition coefficient (Wildman–Crippen LogP) is -0.557. The van der Waals surface area contributed by atoms with Crippen LogP contribution in [0.3, 0.4) is 0 Å². The predicted molar refractivity (Wildman–Crippen MR) is 73.9 cm³/mol. The lowest BCUT2D eigenvalue weighted by Crippen LogP contribution is -2.47. The van der Waals surface area contributed by atoms with Gasteiger partial charge in [0.2, 0.25) is 5.91 Å². The monoisotopic (exact) mass is 305 g/mol. The number of amides is 1. The van der Waals surface area contributed by atoms with Crippen molar-refractivity contribution in [3.63, 3.8) is 0 Å². The van der Waals surface area contributed by atoms with Gasteiger partial charge in [-0.15, -0.1) is 0 Å². The summed E-state index contributed by atoms with van der Waals surface area (Å²) >= 11 is 0. The third kappa shape index (κ3) is 4.15. The van der Waals surface area contributed by atoms with Gasteiger partial charge in [-0.2, -0.15) is 8.42 Å². The van der Waals surface area contributed by atoms with Crippen molar-refractivity contribution in [1.29, 1.82) is 0 Å². The van der Waals surface area contributed by atoms with Crippen molar-refractivity contribution in [1.82, 2.24) is 9.62 Å². The summed E-state index contributed by atoms with van der Waals surface area (Å²) in [5, 5.41) is 4.93. The van der Waals surface area contributed by atoms with E-state index in [4.69, 9.17) is 9.88 Å². The molecule has 0 spiro atoms. The van der Waals surface area contributed by atoms with E-state index in [0.717, 1.165) is 25.8 Å². The quantitative estimate of drug-likeness (QED) is 0.727. The summed E-state index contributed by atoms with van der Waals surface area (Å²) in [4.78, 5) is 14.3. The van der Waals surface area contributed by atoms with E-state index in [-0.39, 0.29) is 23.8 Å². The molecule has 2 saturated heterocycles.